The molecule has 6 heteroatoms. The molecule has 23 heavy (non-hydrogen) atoms. The number of hydrogen-bond acceptors (Lipinski definition) is 5. The first kappa shape index (κ1) is 16.5. The Morgan fingerprint density at radius 3 is 2.57 bits per heavy atom. The first-order chi connectivity index (χ1) is 10.9. The van der Waals surface area contributed by atoms with E-state index in [2.05, 4.69) is 18.8 Å². The summed E-state index contributed by atoms with van der Waals surface area (Å²) in [4.78, 5) is 14.4. The molecule has 1 unspecified atom stereocenters. The van der Waals surface area contributed by atoms with Gasteiger partial charge in [0.05, 0.1) is 4.92 Å². The average molecular weight is 314 g/mol. The Labute approximate surface area is 133 Å². The third kappa shape index (κ3) is 3.85. The summed E-state index contributed by atoms with van der Waals surface area (Å²) in [5, 5.41) is 30.4. The van der Waals surface area contributed by atoms with Gasteiger partial charge < -0.3 is 10.2 Å². The summed E-state index contributed by atoms with van der Waals surface area (Å²) < 4.78 is 0. The van der Waals surface area contributed by atoms with Crippen LogP contribution in [0.2, 0.25) is 0 Å². The molecule has 0 radical (unpaired) electrons. The number of phenols is 2. The van der Waals surface area contributed by atoms with Crippen LogP contribution in [-0.4, -0.2) is 21.4 Å². The molecular weight excluding hydrogens is 296 g/mol. The molecule has 0 saturated carbocycles. The molecule has 0 fully saturated rings. The van der Waals surface area contributed by atoms with Gasteiger partial charge in [0.25, 0.3) is 5.69 Å². The summed E-state index contributed by atoms with van der Waals surface area (Å²) in [6, 6.07) is 8.88. The van der Waals surface area contributed by atoms with E-state index in [1.165, 1.54) is 24.4 Å². The maximum absolute atomic E-state index is 10.8. The highest BCUT2D eigenvalue weighted by atomic mass is 16.6. The molecule has 0 aliphatic rings. The second-order valence-corrected chi connectivity index (χ2v) is 5.32. The normalized spacial score (nSPS) is 12.4. The minimum atomic E-state index is -0.544. The summed E-state index contributed by atoms with van der Waals surface area (Å²) in [6.45, 7) is 4.15. The van der Waals surface area contributed by atoms with Crippen molar-refractivity contribution in [1.29, 1.82) is 0 Å². The van der Waals surface area contributed by atoms with E-state index in [0.29, 0.717) is 11.6 Å². The van der Waals surface area contributed by atoms with Gasteiger partial charge >= 0.3 is 0 Å². The van der Waals surface area contributed by atoms with Crippen LogP contribution in [0.1, 0.15) is 37.3 Å². The third-order valence-corrected chi connectivity index (χ3v) is 3.75. The second-order valence-electron chi connectivity index (χ2n) is 5.32. The zero-order chi connectivity index (χ0) is 17.0. The number of hydrogen-bond donors (Lipinski definition) is 2. The zero-order valence-electron chi connectivity index (χ0n) is 12.9. The van der Waals surface area contributed by atoms with Gasteiger partial charge in [-0.1, -0.05) is 19.9 Å². The molecule has 2 aromatic rings. The number of phenolic OH excluding ortho intramolecular Hbond substituents is 2. The van der Waals surface area contributed by atoms with Crippen LogP contribution < -0.4 is 0 Å². The maximum atomic E-state index is 10.8. The predicted octanol–water partition coefficient (Wildman–Crippen LogP) is 4.27. The molecule has 0 amide bonds. The standard InChI is InChI=1S/C17H18N2O4/c1-3-11(2)12-4-6-17(21)15(9-12)18-10-13-8-14(19(22)23)5-7-16(13)20/h4-11,20-21H,3H2,1-2H3. The number of aromatic hydroxyl groups is 2. The lowest BCUT2D eigenvalue weighted by atomic mass is 9.98. The topological polar surface area (TPSA) is 96.0 Å². The van der Waals surface area contributed by atoms with Crippen LogP contribution in [0.3, 0.4) is 0 Å². The molecule has 0 bridgehead atoms. The number of benzene rings is 2. The molecule has 0 aromatic heterocycles. The number of rotatable bonds is 5. The van der Waals surface area contributed by atoms with Gasteiger partial charge in [-0.2, -0.15) is 0 Å². The Kier molecular flexibility index (Phi) is 4.95. The van der Waals surface area contributed by atoms with E-state index in [1.54, 1.807) is 12.1 Å². The van der Waals surface area contributed by atoms with E-state index in [1.807, 2.05) is 6.07 Å². The van der Waals surface area contributed by atoms with Crippen LogP contribution in [0.5, 0.6) is 11.5 Å². The number of aliphatic imine (C=N–C) groups is 1. The fraction of sp³-hybridized carbons (Fsp3) is 0.235. The quantitative estimate of drug-likeness (QED) is 0.489. The van der Waals surface area contributed by atoms with Crippen LogP contribution in [0.25, 0.3) is 0 Å². The molecule has 0 heterocycles. The molecule has 0 aliphatic heterocycles. The first-order valence-corrected chi connectivity index (χ1v) is 7.26. The van der Waals surface area contributed by atoms with Crippen molar-refractivity contribution in [3.8, 4) is 11.5 Å². The van der Waals surface area contributed by atoms with E-state index in [0.717, 1.165) is 12.0 Å². The molecule has 2 N–H and O–H groups in total. The monoisotopic (exact) mass is 314 g/mol. The smallest absolute Gasteiger partial charge is 0.270 e. The molecule has 120 valence electrons. The number of non-ortho nitro benzene ring substituents is 1. The molecule has 2 rings (SSSR count). The highest BCUT2D eigenvalue weighted by Crippen LogP contribution is 2.31. The highest BCUT2D eigenvalue weighted by molar-refractivity contribution is 5.86. The second kappa shape index (κ2) is 6.91. The predicted molar refractivity (Wildman–Crippen MR) is 88.8 cm³/mol. The van der Waals surface area contributed by atoms with Crippen molar-refractivity contribution in [2.45, 2.75) is 26.2 Å². The molecule has 0 saturated heterocycles. The molecule has 0 spiro atoms. The minimum absolute atomic E-state index is 0.0122. The lowest BCUT2D eigenvalue weighted by Gasteiger charge is -2.10. The SMILES string of the molecule is CCC(C)c1ccc(O)c(N=Cc2cc([N+](=O)[O-])ccc2O)c1. The number of nitrogens with zero attached hydrogens (tertiary/aromatic N) is 2. The van der Waals surface area contributed by atoms with Gasteiger partial charge in [0, 0.05) is 23.9 Å². The fourth-order valence-corrected chi connectivity index (χ4v) is 2.08. The van der Waals surface area contributed by atoms with E-state index >= 15 is 0 Å². The molecule has 6 nitrogen and oxygen atoms in total. The number of nitro benzene ring substituents is 1. The van der Waals surface area contributed by atoms with Crippen LogP contribution in [0.15, 0.2) is 41.4 Å². The van der Waals surface area contributed by atoms with Crippen molar-refractivity contribution in [1.82, 2.24) is 0 Å². The summed E-state index contributed by atoms with van der Waals surface area (Å²) in [5.74, 6) is 0.228. The van der Waals surface area contributed by atoms with Crippen molar-refractivity contribution < 1.29 is 15.1 Å². The van der Waals surface area contributed by atoms with Crippen molar-refractivity contribution in [2.75, 3.05) is 0 Å². The van der Waals surface area contributed by atoms with Gasteiger partial charge in [0.15, 0.2) is 0 Å². The minimum Gasteiger partial charge on any atom is -0.507 e. The van der Waals surface area contributed by atoms with Crippen molar-refractivity contribution in [2.24, 2.45) is 4.99 Å². The summed E-state index contributed by atoms with van der Waals surface area (Å²) in [7, 11) is 0. The number of nitro groups is 1. The maximum Gasteiger partial charge on any atom is 0.270 e. The van der Waals surface area contributed by atoms with Gasteiger partial charge in [-0.3, -0.25) is 15.1 Å². The van der Waals surface area contributed by atoms with Crippen molar-refractivity contribution in [3.05, 3.63) is 57.6 Å². The van der Waals surface area contributed by atoms with Gasteiger partial charge in [-0.25, -0.2) is 0 Å². The molecule has 0 aliphatic carbocycles. The lowest BCUT2D eigenvalue weighted by molar-refractivity contribution is -0.384. The van der Waals surface area contributed by atoms with E-state index in [-0.39, 0.29) is 22.7 Å². The van der Waals surface area contributed by atoms with Crippen LogP contribution >= 0.6 is 0 Å². The van der Waals surface area contributed by atoms with Crippen LogP contribution in [0, 0.1) is 10.1 Å². The average Bonchev–Trinajstić information content (AvgIpc) is 2.54. The van der Waals surface area contributed by atoms with Crippen LogP contribution in [-0.2, 0) is 0 Å². The van der Waals surface area contributed by atoms with E-state index < -0.39 is 4.92 Å². The summed E-state index contributed by atoms with van der Waals surface area (Å²) in [6.07, 6.45) is 2.26. The van der Waals surface area contributed by atoms with Gasteiger partial charge in [-0.15, -0.1) is 0 Å². The Hall–Kier alpha value is -2.89. The summed E-state index contributed by atoms with van der Waals surface area (Å²) in [5.41, 5.74) is 1.48. The first-order valence-electron chi connectivity index (χ1n) is 7.26. The fourth-order valence-electron chi connectivity index (χ4n) is 2.08. The van der Waals surface area contributed by atoms with Gasteiger partial charge in [0.1, 0.15) is 17.2 Å². The Bertz CT molecular complexity index is 756. The van der Waals surface area contributed by atoms with E-state index in [4.69, 9.17) is 0 Å². The molecular formula is C17H18N2O4. The zero-order valence-corrected chi connectivity index (χ0v) is 12.9. The third-order valence-electron chi connectivity index (χ3n) is 3.75. The molecule has 2 aromatic carbocycles. The van der Waals surface area contributed by atoms with Gasteiger partial charge in [0.2, 0.25) is 0 Å². The largest absolute Gasteiger partial charge is 0.507 e. The Balaban J connectivity index is 2.37. The molecule has 1 atom stereocenters. The van der Waals surface area contributed by atoms with Crippen molar-refractivity contribution in [3.63, 3.8) is 0 Å². The Morgan fingerprint density at radius 2 is 1.91 bits per heavy atom. The van der Waals surface area contributed by atoms with E-state index in [9.17, 15) is 20.3 Å². The van der Waals surface area contributed by atoms with Gasteiger partial charge in [-0.05, 0) is 36.1 Å². The summed E-state index contributed by atoms with van der Waals surface area (Å²) >= 11 is 0. The van der Waals surface area contributed by atoms with Crippen molar-refractivity contribution >= 4 is 17.6 Å². The lowest BCUT2D eigenvalue weighted by Crippen LogP contribution is -1.91. The highest BCUT2D eigenvalue weighted by Gasteiger charge is 2.10. The van der Waals surface area contributed by atoms with Crippen LogP contribution in [0.4, 0.5) is 11.4 Å². The Morgan fingerprint density at radius 1 is 1.22 bits per heavy atom.